The number of carbonyl (C=O) groups is 1. The average molecular weight is 292 g/mol. The molecule has 2 fully saturated rings. The van der Waals surface area contributed by atoms with Crippen LogP contribution in [0.3, 0.4) is 0 Å². The molecule has 1 saturated heterocycles. The lowest BCUT2D eigenvalue weighted by Crippen LogP contribution is -2.40. The largest absolute Gasteiger partial charge is 0.337 e. The fourth-order valence-electron chi connectivity index (χ4n) is 3.44. The summed E-state index contributed by atoms with van der Waals surface area (Å²) in [5.74, 6) is 1.30. The molecule has 0 radical (unpaired) electrons. The third-order valence-electron chi connectivity index (χ3n) is 4.77. The first kappa shape index (κ1) is 14.5. The molecule has 3 rings (SSSR count). The zero-order valence-corrected chi connectivity index (χ0v) is 12.8. The first-order chi connectivity index (χ1) is 10.1. The summed E-state index contributed by atoms with van der Waals surface area (Å²) in [6, 6.07) is 0.409. The van der Waals surface area contributed by atoms with E-state index in [0.717, 1.165) is 32.2 Å². The van der Waals surface area contributed by atoms with Crippen LogP contribution in [0.4, 0.5) is 0 Å². The van der Waals surface area contributed by atoms with Crippen LogP contribution in [-0.2, 0) is 0 Å². The van der Waals surface area contributed by atoms with Gasteiger partial charge in [0.05, 0.1) is 6.04 Å². The first-order valence-corrected chi connectivity index (χ1v) is 7.99. The molecule has 116 valence electrons. The van der Waals surface area contributed by atoms with E-state index in [1.165, 1.54) is 12.8 Å². The second-order valence-corrected chi connectivity index (χ2v) is 6.45. The number of rotatable bonds is 3. The summed E-state index contributed by atoms with van der Waals surface area (Å²) in [5, 5.41) is 7.18. The number of nitrogens with one attached hydrogen (secondary N) is 1. The molecular formula is C15H24N4O2. The Labute approximate surface area is 125 Å². The van der Waals surface area contributed by atoms with Gasteiger partial charge in [-0.25, -0.2) is 0 Å². The van der Waals surface area contributed by atoms with Gasteiger partial charge in [-0.3, -0.25) is 4.79 Å². The fourth-order valence-corrected chi connectivity index (χ4v) is 3.44. The minimum Gasteiger partial charge on any atom is -0.337 e. The second kappa shape index (κ2) is 6.13. The highest BCUT2D eigenvalue weighted by molar-refractivity contribution is 5.90. The molecule has 0 spiro atoms. The van der Waals surface area contributed by atoms with Crippen molar-refractivity contribution >= 4 is 5.91 Å². The highest BCUT2D eigenvalue weighted by Gasteiger charge is 2.30. The minimum atomic E-state index is -0.123. The van der Waals surface area contributed by atoms with Gasteiger partial charge in [0.25, 0.3) is 11.7 Å². The van der Waals surface area contributed by atoms with Gasteiger partial charge in [0, 0.05) is 13.1 Å². The predicted molar refractivity (Wildman–Crippen MR) is 77.8 cm³/mol. The van der Waals surface area contributed by atoms with Crippen molar-refractivity contribution in [2.24, 2.45) is 5.92 Å². The number of amides is 1. The Morgan fingerprint density at radius 1 is 1.33 bits per heavy atom. The Morgan fingerprint density at radius 2 is 2.19 bits per heavy atom. The molecule has 6 heteroatoms. The Bertz CT molecular complexity index is 496. The SMILES string of the molecule is CC1CCCC(N(C)C(=O)c2noc(C3CCCN3)n2)C1. The summed E-state index contributed by atoms with van der Waals surface area (Å²) in [6.45, 7) is 3.22. The van der Waals surface area contributed by atoms with Crippen LogP contribution in [0.5, 0.6) is 0 Å². The normalized spacial score (nSPS) is 29.5. The molecule has 3 unspecified atom stereocenters. The fraction of sp³-hybridized carbons (Fsp3) is 0.800. The molecule has 21 heavy (non-hydrogen) atoms. The Morgan fingerprint density at radius 3 is 2.90 bits per heavy atom. The molecular weight excluding hydrogens is 268 g/mol. The van der Waals surface area contributed by atoms with Crippen LogP contribution in [0.2, 0.25) is 0 Å². The van der Waals surface area contributed by atoms with Gasteiger partial charge in [0.15, 0.2) is 0 Å². The topological polar surface area (TPSA) is 71.3 Å². The number of nitrogens with zero attached hydrogens (tertiary/aromatic N) is 3. The molecule has 1 N–H and O–H groups in total. The standard InChI is InChI=1S/C15H24N4O2/c1-10-5-3-6-11(9-10)19(2)15(20)13-17-14(21-18-13)12-7-4-8-16-12/h10-12,16H,3-9H2,1-2H3. The van der Waals surface area contributed by atoms with E-state index < -0.39 is 0 Å². The summed E-state index contributed by atoms with van der Waals surface area (Å²) in [6.07, 6.45) is 6.69. The molecule has 1 aliphatic heterocycles. The molecule has 2 heterocycles. The summed E-state index contributed by atoms with van der Waals surface area (Å²) in [7, 11) is 1.86. The van der Waals surface area contributed by atoms with E-state index in [1.807, 2.05) is 7.05 Å². The third kappa shape index (κ3) is 3.10. The van der Waals surface area contributed by atoms with Crippen LogP contribution in [0.15, 0.2) is 4.52 Å². The predicted octanol–water partition coefficient (Wildman–Crippen LogP) is 2.14. The van der Waals surface area contributed by atoms with Gasteiger partial charge in [-0.1, -0.05) is 24.9 Å². The summed E-state index contributed by atoms with van der Waals surface area (Å²) in [4.78, 5) is 18.6. The molecule has 1 saturated carbocycles. The van der Waals surface area contributed by atoms with E-state index in [2.05, 4.69) is 22.4 Å². The van der Waals surface area contributed by atoms with Gasteiger partial charge in [0.1, 0.15) is 0 Å². The van der Waals surface area contributed by atoms with Crippen molar-refractivity contribution in [2.45, 2.75) is 57.5 Å². The zero-order valence-electron chi connectivity index (χ0n) is 12.8. The highest BCUT2D eigenvalue weighted by atomic mass is 16.5. The van der Waals surface area contributed by atoms with E-state index >= 15 is 0 Å². The lowest BCUT2D eigenvalue weighted by atomic mass is 9.86. The zero-order chi connectivity index (χ0) is 14.8. The van der Waals surface area contributed by atoms with Crippen molar-refractivity contribution in [3.8, 4) is 0 Å². The molecule has 0 bridgehead atoms. The molecule has 1 aromatic rings. The van der Waals surface area contributed by atoms with Crippen LogP contribution in [-0.4, -0.2) is 40.6 Å². The van der Waals surface area contributed by atoms with Crippen molar-refractivity contribution in [1.82, 2.24) is 20.4 Å². The maximum Gasteiger partial charge on any atom is 0.295 e. The van der Waals surface area contributed by atoms with Gasteiger partial charge in [-0.15, -0.1) is 0 Å². The van der Waals surface area contributed by atoms with Crippen LogP contribution in [0, 0.1) is 5.92 Å². The van der Waals surface area contributed by atoms with Crippen molar-refractivity contribution in [3.05, 3.63) is 11.7 Å². The van der Waals surface area contributed by atoms with Gasteiger partial charge >= 0.3 is 0 Å². The van der Waals surface area contributed by atoms with Crippen LogP contribution >= 0.6 is 0 Å². The van der Waals surface area contributed by atoms with E-state index in [0.29, 0.717) is 17.9 Å². The highest BCUT2D eigenvalue weighted by Crippen LogP contribution is 2.27. The average Bonchev–Trinajstić information content (AvgIpc) is 3.16. The van der Waals surface area contributed by atoms with Crippen molar-refractivity contribution in [2.75, 3.05) is 13.6 Å². The van der Waals surface area contributed by atoms with E-state index in [9.17, 15) is 4.79 Å². The lowest BCUT2D eigenvalue weighted by molar-refractivity contribution is 0.0656. The van der Waals surface area contributed by atoms with Gasteiger partial charge < -0.3 is 14.7 Å². The number of aromatic nitrogens is 2. The molecule has 1 amide bonds. The Hall–Kier alpha value is -1.43. The first-order valence-electron chi connectivity index (χ1n) is 7.99. The maximum atomic E-state index is 12.5. The van der Waals surface area contributed by atoms with Gasteiger partial charge in [0.2, 0.25) is 5.89 Å². The number of carbonyl (C=O) groups excluding carboxylic acids is 1. The molecule has 2 aliphatic rings. The van der Waals surface area contributed by atoms with Gasteiger partial charge in [-0.2, -0.15) is 4.98 Å². The maximum absolute atomic E-state index is 12.5. The summed E-state index contributed by atoms with van der Waals surface area (Å²) < 4.78 is 5.26. The Balaban J connectivity index is 1.66. The van der Waals surface area contributed by atoms with E-state index in [1.54, 1.807) is 4.90 Å². The van der Waals surface area contributed by atoms with Crippen LogP contribution in [0.1, 0.15) is 68.0 Å². The van der Waals surface area contributed by atoms with E-state index in [4.69, 9.17) is 4.52 Å². The second-order valence-electron chi connectivity index (χ2n) is 6.45. The van der Waals surface area contributed by atoms with Crippen molar-refractivity contribution in [3.63, 3.8) is 0 Å². The number of hydrogen-bond acceptors (Lipinski definition) is 5. The molecule has 1 aromatic heterocycles. The van der Waals surface area contributed by atoms with Gasteiger partial charge in [-0.05, 0) is 38.1 Å². The number of hydrogen-bond donors (Lipinski definition) is 1. The van der Waals surface area contributed by atoms with Crippen molar-refractivity contribution < 1.29 is 9.32 Å². The van der Waals surface area contributed by atoms with Crippen LogP contribution < -0.4 is 5.32 Å². The smallest absolute Gasteiger partial charge is 0.295 e. The van der Waals surface area contributed by atoms with E-state index in [-0.39, 0.29) is 17.8 Å². The quantitative estimate of drug-likeness (QED) is 0.924. The third-order valence-corrected chi connectivity index (χ3v) is 4.77. The lowest BCUT2D eigenvalue weighted by Gasteiger charge is -2.33. The molecule has 6 nitrogen and oxygen atoms in total. The van der Waals surface area contributed by atoms with Crippen molar-refractivity contribution in [1.29, 1.82) is 0 Å². The molecule has 3 atom stereocenters. The van der Waals surface area contributed by atoms with Crippen LogP contribution in [0.25, 0.3) is 0 Å². The molecule has 1 aliphatic carbocycles. The summed E-state index contributed by atoms with van der Waals surface area (Å²) >= 11 is 0. The summed E-state index contributed by atoms with van der Waals surface area (Å²) in [5.41, 5.74) is 0. The molecule has 0 aromatic carbocycles. The monoisotopic (exact) mass is 292 g/mol. The Kier molecular flexibility index (Phi) is 4.24. The minimum absolute atomic E-state index is 0.110.